The largest absolute Gasteiger partial charge is 0.330 e. The summed E-state index contributed by atoms with van der Waals surface area (Å²) < 4.78 is 1.23. The van der Waals surface area contributed by atoms with Crippen LogP contribution in [0.2, 0.25) is 0 Å². The normalized spacial score (nSPS) is 12.2. The lowest BCUT2D eigenvalue weighted by Crippen LogP contribution is -2.17. The number of hydrogen-bond donors (Lipinski definition) is 1. The van der Waals surface area contributed by atoms with Crippen LogP contribution in [0, 0.1) is 5.41 Å². The molecule has 0 amide bonds. The summed E-state index contributed by atoms with van der Waals surface area (Å²) in [6.45, 7) is 5.31. The van der Waals surface area contributed by atoms with Gasteiger partial charge in [-0.1, -0.05) is 13.8 Å². The molecule has 2 aromatic heterocycles. The first-order valence-corrected chi connectivity index (χ1v) is 6.82. The Kier molecular flexibility index (Phi) is 3.74. The van der Waals surface area contributed by atoms with Gasteiger partial charge in [0.2, 0.25) is 0 Å². The third-order valence-electron chi connectivity index (χ3n) is 3.07. The molecule has 17 heavy (non-hydrogen) atoms. The Bertz CT molecular complexity index is 457. The highest BCUT2D eigenvalue weighted by Crippen LogP contribution is 2.29. The number of rotatable bonds is 5. The van der Waals surface area contributed by atoms with Crippen molar-refractivity contribution in [2.45, 2.75) is 33.1 Å². The third kappa shape index (κ3) is 3.23. The van der Waals surface area contributed by atoms with Crippen molar-refractivity contribution < 1.29 is 0 Å². The minimum atomic E-state index is 0.310. The average Bonchev–Trinajstić information content (AvgIpc) is 2.69. The molecular formula is C13H19N3S. The number of hydrogen-bond acceptors (Lipinski definition) is 4. The maximum Gasteiger partial charge on any atom is 0.0998 e. The van der Waals surface area contributed by atoms with Gasteiger partial charge in [0, 0.05) is 6.20 Å². The van der Waals surface area contributed by atoms with Gasteiger partial charge in [0.25, 0.3) is 0 Å². The smallest absolute Gasteiger partial charge is 0.0998 e. The number of aryl methyl sites for hydroxylation is 1. The van der Waals surface area contributed by atoms with Crippen molar-refractivity contribution in [2.75, 3.05) is 6.54 Å². The molecule has 4 heteroatoms. The highest BCUT2D eigenvalue weighted by atomic mass is 32.1. The number of fused-ring (bicyclic) bond motifs is 1. The quantitative estimate of drug-likeness (QED) is 0.886. The molecule has 2 rings (SSSR count). The summed E-state index contributed by atoms with van der Waals surface area (Å²) in [6, 6.07) is 2.03. The molecule has 0 saturated carbocycles. The van der Waals surface area contributed by atoms with Crippen LogP contribution in [0.4, 0.5) is 0 Å². The van der Waals surface area contributed by atoms with E-state index < -0.39 is 0 Å². The zero-order valence-electron chi connectivity index (χ0n) is 10.4. The van der Waals surface area contributed by atoms with Crippen LogP contribution >= 0.6 is 11.3 Å². The van der Waals surface area contributed by atoms with E-state index in [4.69, 9.17) is 5.73 Å². The molecule has 0 bridgehead atoms. The Labute approximate surface area is 106 Å². The summed E-state index contributed by atoms with van der Waals surface area (Å²) in [5.41, 5.74) is 6.95. The Morgan fingerprint density at radius 2 is 2.18 bits per heavy atom. The summed E-state index contributed by atoms with van der Waals surface area (Å²) in [5.74, 6) is 0. The van der Waals surface area contributed by atoms with E-state index in [0.717, 1.165) is 31.3 Å². The topological polar surface area (TPSA) is 51.8 Å². The van der Waals surface area contributed by atoms with Crippen molar-refractivity contribution in [1.29, 1.82) is 0 Å². The van der Waals surface area contributed by atoms with Gasteiger partial charge in [-0.3, -0.25) is 4.98 Å². The van der Waals surface area contributed by atoms with E-state index in [1.165, 1.54) is 9.71 Å². The van der Waals surface area contributed by atoms with Crippen molar-refractivity contribution in [3.05, 3.63) is 23.5 Å². The molecule has 2 heterocycles. The van der Waals surface area contributed by atoms with Crippen LogP contribution in [0.3, 0.4) is 0 Å². The standard InChI is InChI=1S/C13H19N3S/c1-13(2,6-7-14)5-3-12-16-10-9-15-8-4-11(10)17-12/h4,8-9H,3,5-7,14H2,1-2H3. The molecule has 0 atom stereocenters. The van der Waals surface area contributed by atoms with Crippen molar-refractivity contribution in [2.24, 2.45) is 11.1 Å². The molecule has 92 valence electrons. The summed E-state index contributed by atoms with van der Waals surface area (Å²) in [4.78, 5) is 8.69. The fourth-order valence-electron chi connectivity index (χ4n) is 1.90. The van der Waals surface area contributed by atoms with Crippen LogP contribution in [0.5, 0.6) is 0 Å². The monoisotopic (exact) mass is 249 g/mol. The Balaban J connectivity index is 2.04. The lowest BCUT2D eigenvalue weighted by Gasteiger charge is -2.22. The van der Waals surface area contributed by atoms with Gasteiger partial charge in [-0.25, -0.2) is 4.98 Å². The van der Waals surface area contributed by atoms with Gasteiger partial charge >= 0.3 is 0 Å². The van der Waals surface area contributed by atoms with Crippen molar-refractivity contribution in [1.82, 2.24) is 9.97 Å². The maximum atomic E-state index is 5.62. The lowest BCUT2D eigenvalue weighted by atomic mass is 9.84. The molecule has 0 saturated heterocycles. The molecule has 2 aromatic rings. The van der Waals surface area contributed by atoms with E-state index in [1.54, 1.807) is 11.3 Å². The molecule has 0 aliphatic heterocycles. The zero-order chi connectivity index (χ0) is 12.3. The van der Waals surface area contributed by atoms with Gasteiger partial charge < -0.3 is 5.73 Å². The van der Waals surface area contributed by atoms with Gasteiger partial charge in [-0.2, -0.15) is 0 Å². The Morgan fingerprint density at radius 1 is 1.35 bits per heavy atom. The number of thiazole rings is 1. The number of nitrogens with two attached hydrogens (primary N) is 1. The van der Waals surface area contributed by atoms with Gasteiger partial charge in [0.05, 0.1) is 21.4 Å². The molecular weight excluding hydrogens is 230 g/mol. The summed E-state index contributed by atoms with van der Waals surface area (Å²) in [5, 5.41) is 1.21. The second-order valence-corrected chi connectivity index (χ2v) is 6.27. The molecule has 0 unspecified atom stereocenters. The second-order valence-electron chi connectivity index (χ2n) is 5.15. The lowest BCUT2D eigenvalue weighted by molar-refractivity contribution is 0.313. The van der Waals surface area contributed by atoms with E-state index in [2.05, 4.69) is 23.8 Å². The van der Waals surface area contributed by atoms with Crippen molar-refractivity contribution in [3.63, 3.8) is 0 Å². The van der Waals surface area contributed by atoms with E-state index in [9.17, 15) is 0 Å². The first kappa shape index (κ1) is 12.5. The minimum Gasteiger partial charge on any atom is -0.330 e. The second kappa shape index (κ2) is 5.10. The molecule has 0 radical (unpaired) electrons. The number of nitrogens with zero attached hydrogens (tertiary/aromatic N) is 2. The van der Waals surface area contributed by atoms with Gasteiger partial charge in [-0.15, -0.1) is 11.3 Å². The summed E-state index contributed by atoms with van der Waals surface area (Å²) in [7, 11) is 0. The zero-order valence-corrected chi connectivity index (χ0v) is 11.3. The van der Waals surface area contributed by atoms with E-state index >= 15 is 0 Å². The molecule has 3 nitrogen and oxygen atoms in total. The van der Waals surface area contributed by atoms with Gasteiger partial charge in [0.1, 0.15) is 0 Å². The fourth-order valence-corrected chi connectivity index (χ4v) is 2.83. The van der Waals surface area contributed by atoms with Crippen molar-refractivity contribution in [3.8, 4) is 0 Å². The summed E-state index contributed by atoms with van der Waals surface area (Å²) in [6.07, 6.45) is 6.90. The van der Waals surface area contributed by atoms with Crippen LogP contribution in [-0.4, -0.2) is 16.5 Å². The van der Waals surface area contributed by atoms with Crippen LogP contribution in [-0.2, 0) is 6.42 Å². The average molecular weight is 249 g/mol. The van der Waals surface area contributed by atoms with E-state index in [1.807, 2.05) is 18.5 Å². The highest BCUT2D eigenvalue weighted by Gasteiger charge is 2.17. The van der Waals surface area contributed by atoms with Crippen LogP contribution < -0.4 is 5.73 Å². The van der Waals surface area contributed by atoms with Crippen LogP contribution in [0.15, 0.2) is 18.5 Å². The molecule has 2 N–H and O–H groups in total. The number of pyridine rings is 1. The maximum absolute atomic E-state index is 5.62. The third-order valence-corrected chi connectivity index (χ3v) is 4.17. The van der Waals surface area contributed by atoms with Gasteiger partial charge in [-0.05, 0) is 37.3 Å². The van der Waals surface area contributed by atoms with Gasteiger partial charge in [0.15, 0.2) is 0 Å². The molecule has 0 fully saturated rings. The predicted octanol–water partition coefficient (Wildman–Crippen LogP) is 3.00. The molecule has 0 aromatic carbocycles. The minimum absolute atomic E-state index is 0.310. The van der Waals surface area contributed by atoms with E-state index in [-0.39, 0.29) is 0 Å². The first-order valence-electron chi connectivity index (χ1n) is 6.00. The predicted molar refractivity (Wildman–Crippen MR) is 73.2 cm³/mol. The molecule has 0 aliphatic carbocycles. The molecule has 0 aliphatic rings. The first-order chi connectivity index (χ1) is 8.11. The fraction of sp³-hybridized carbons (Fsp3) is 0.538. The molecule has 0 spiro atoms. The Hall–Kier alpha value is -1.00. The van der Waals surface area contributed by atoms with Crippen molar-refractivity contribution >= 4 is 21.6 Å². The summed E-state index contributed by atoms with van der Waals surface area (Å²) >= 11 is 1.77. The number of aromatic nitrogens is 2. The Morgan fingerprint density at radius 3 is 2.88 bits per heavy atom. The van der Waals surface area contributed by atoms with Crippen LogP contribution in [0.1, 0.15) is 31.7 Å². The van der Waals surface area contributed by atoms with Crippen LogP contribution in [0.25, 0.3) is 10.2 Å². The highest BCUT2D eigenvalue weighted by molar-refractivity contribution is 7.18. The SMILES string of the molecule is CC(C)(CCN)CCc1nc2cnccc2s1. The van der Waals surface area contributed by atoms with E-state index in [0.29, 0.717) is 5.41 Å².